The van der Waals surface area contributed by atoms with Gasteiger partial charge in [-0.15, -0.1) is 0 Å². The van der Waals surface area contributed by atoms with Crippen LogP contribution in [0.4, 0.5) is 0 Å². The molecule has 0 spiro atoms. The van der Waals surface area contributed by atoms with Gasteiger partial charge in [-0.1, -0.05) is 12.1 Å². The van der Waals surface area contributed by atoms with Crippen LogP contribution >= 0.6 is 0 Å². The number of sulfone groups is 1. The predicted octanol–water partition coefficient (Wildman–Crippen LogP) is 1.02. The van der Waals surface area contributed by atoms with Gasteiger partial charge in [-0.25, -0.2) is 13.5 Å². The first-order chi connectivity index (χ1) is 5.54. The summed E-state index contributed by atoms with van der Waals surface area (Å²) in [6.45, 7) is -0.315. The molecule has 3 nitrogen and oxygen atoms in total. The van der Waals surface area contributed by atoms with Crippen molar-refractivity contribution in [2.75, 3.05) is 6.26 Å². The summed E-state index contributed by atoms with van der Waals surface area (Å²) >= 11 is 0. The Labute approximate surface area is 71.6 Å². The monoisotopic (exact) mass is 185 g/mol. The van der Waals surface area contributed by atoms with E-state index in [0.717, 1.165) is 6.26 Å². The zero-order chi connectivity index (χ0) is 9.19. The van der Waals surface area contributed by atoms with Gasteiger partial charge < -0.3 is 0 Å². The molecule has 0 unspecified atom stereocenters. The second-order valence-corrected chi connectivity index (χ2v) is 4.58. The van der Waals surface area contributed by atoms with Gasteiger partial charge in [0.2, 0.25) is 0 Å². The van der Waals surface area contributed by atoms with E-state index in [-0.39, 0.29) is 11.5 Å². The molecular formula is C8H9O3S. The highest BCUT2D eigenvalue weighted by Gasteiger charge is 2.05. The SMILES string of the molecule is CS(=O)(=O)c1ccc(C[O])cc1. The van der Waals surface area contributed by atoms with E-state index in [4.69, 9.17) is 0 Å². The molecule has 1 radical (unpaired) electrons. The molecule has 0 fully saturated rings. The van der Waals surface area contributed by atoms with Crippen molar-refractivity contribution in [2.24, 2.45) is 0 Å². The molecule has 0 bridgehead atoms. The Balaban J connectivity index is 3.09. The standard InChI is InChI=1S/C8H9O3S/c1-12(10,11)8-4-2-7(6-9)3-5-8/h2-5H,6H2,1H3. The molecule has 0 atom stereocenters. The normalized spacial score (nSPS) is 11.5. The molecule has 0 aliphatic carbocycles. The van der Waals surface area contributed by atoms with Crippen molar-refractivity contribution >= 4 is 9.84 Å². The fourth-order valence-electron chi connectivity index (χ4n) is 0.833. The Bertz CT molecular complexity index is 350. The smallest absolute Gasteiger partial charge is 0.175 e. The van der Waals surface area contributed by atoms with Gasteiger partial charge in [0, 0.05) is 6.26 Å². The van der Waals surface area contributed by atoms with Crippen LogP contribution in [0, 0.1) is 0 Å². The van der Waals surface area contributed by atoms with Crippen molar-refractivity contribution < 1.29 is 13.5 Å². The van der Waals surface area contributed by atoms with E-state index >= 15 is 0 Å². The van der Waals surface area contributed by atoms with Gasteiger partial charge in [-0.05, 0) is 17.7 Å². The third kappa shape index (κ3) is 2.06. The number of hydrogen-bond acceptors (Lipinski definition) is 2. The van der Waals surface area contributed by atoms with E-state index < -0.39 is 9.84 Å². The van der Waals surface area contributed by atoms with Gasteiger partial charge in [-0.2, -0.15) is 0 Å². The van der Waals surface area contributed by atoms with Crippen LogP contribution in [0.25, 0.3) is 0 Å². The highest BCUT2D eigenvalue weighted by molar-refractivity contribution is 7.90. The molecule has 4 heteroatoms. The lowest BCUT2D eigenvalue weighted by molar-refractivity contribution is 0.177. The minimum atomic E-state index is -3.13. The van der Waals surface area contributed by atoms with Crippen LogP contribution < -0.4 is 0 Å². The Morgan fingerprint density at radius 1 is 1.17 bits per heavy atom. The third-order valence-electron chi connectivity index (χ3n) is 1.52. The fourth-order valence-corrected chi connectivity index (χ4v) is 1.46. The first-order valence-corrected chi connectivity index (χ1v) is 5.30. The largest absolute Gasteiger partial charge is 0.232 e. The topological polar surface area (TPSA) is 54.0 Å². The summed E-state index contributed by atoms with van der Waals surface area (Å²) in [5.41, 5.74) is 0.599. The van der Waals surface area contributed by atoms with Crippen LogP contribution in [0.3, 0.4) is 0 Å². The van der Waals surface area contributed by atoms with Crippen LogP contribution in [-0.4, -0.2) is 14.7 Å². The summed E-state index contributed by atoms with van der Waals surface area (Å²) in [6, 6.07) is 5.96. The molecule has 0 saturated carbocycles. The summed E-state index contributed by atoms with van der Waals surface area (Å²) in [7, 11) is -3.13. The van der Waals surface area contributed by atoms with E-state index in [0.29, 0.717) is 5.56 Å². The lowest BCUT2D eigenvalue weighted by Crippen LogP contribution is -1.96. The molecule has 1 aromatic carbocycles. The van der Waals surface area contributed by atoms with Crippen molar-refractivity contribution in [3.05, 3.63) is 29.8 Å². The predicted molar refractivity (Wildman–Crippen MR) is 43.9 cm³/mol. The van der Waals surface area contributed by atoms with Crippen molar-refractivity contribution in [1.29, 1.82) is 0 Å². The van der Waals surface area contributed by atoms with E-state index in [1.165, 1.54) is 24.3 Å². The summed E-state index contributed by atoms with van der Waals surface area (Å²) in [5.74, 6) is 0. The molecule has 12 heavy (non-hydrogen) atoms. The number of rotatable bonds is 2. The second-order valence-electron chi connectivity index (χ2n) is 2.56. The first kappa shape index (κ1) is 9.22. The summed E-state index contributed by atoms with van der Waals surface area (Å²) < 4.78 is 21.9. The summed E-state index contributed by atoms with van der Waals surface area (Å²) in [6.07, 6.45) is 1.14. The molecule has 0 aliphatic heterocycles. The zero-order valence-electron chi connectivity index (χ0n) is 6.65. The van der Waals surface area contributed by atoms with Gasteiger partial charge in [-0.3, -0.25) is 0 Å². The molecule has 0 heterocycles. The molecule has 65 valence electrons. The van der Waals surface area contributed by atoms with E-state index in [9.17, 15) is 13.5 Å². The van der Waals surface area contributed by atoms with Gasteiger partial charge >= 0.3 is 0 Å². The lowest BCUT2D eigenvalue weighted by Gasteiger charge is -1.98. The van der Waals surface area contributed by atoms with Crippen molar-refractivity contribution in [3.63, 3.8) is 0 Å². The van der Waals surface area contributed by atoms with Gasteiger partial charge in [0.1, 0.15) is 6.61 Å². The van der Waals surface area contributed by atoms with Crippen molar-refractivity contribution in [3.8, 4) is 0 Å². The minimum Gasteiger partial charge on any atom is -0.232 e. The molecule has 0 saturated heterocycles. The Hall–Kier alpha value is -0.870. The van der Waals surface area contributed by atoms with Crippen LogP contribution in [0.5, 0.6) is 0 Å². The molecule has 0 aliphatic rings. The lowest BCUT2D eigenvalue weighted by atomic mass is 10.2. The van der Waals surface area contributed by atoms with Crippen LogP contribution in [0.15, 0.2) is 29.2 Å². The van der Waals surface area contributed by atoms with Crippen LogP contribution in [0.2, 0.25) is 0 Å². The highest BCUT2D eigenvalue weighted by Crippen LogP contribution is 2.09. The third-order valence-corrected chi connectivity index (χ3v) is 2.65. The maximum Gasteiger partial charge on any atom is 0.175 e. The fraction of sp³-hybridized carbons (Fsp3) is 0.250. The van der Waals surface area contributed by atoms with Gasteiger partial charge in [0.05, 0.1) is 4.90 Å². The number of benzene rings is 1. The quantitative estimate of drug-likeness (QED) is 0.690. The van der Waals surface area contributed by atoms with Crippen LogP contribution in [0.1, 0.15) is 5.56 Å². The van der Waals surface area contributed by atoms with Crippen LogP contribution in [-0.2, 0) is 21.6 Å². The zero-order valence-corrected chi connectivity index (χ0v) is 7.47. The molecule has 0 aromatic heterocycles. The second kappa shape index (κ2) is 3.25. The first-order valence-electron chi connectivity index (χ1n) is 3.41. The van der Waals surface area contributed by atoms with Gasteiger partial charge in [0.15, 0.2) is 9.84 Å². The van der Waals surface area contributed by atoms with E-state index in [2.05, 4.69) is 0 Å². The Morgan fingerprint density at radius 2 is 1.67 bits per heavy atom. The molecule has 1 aromatic rings. The Kier molecular flexibility index (Phi) is 2.49. The summed E-state index contributed by atoms with van der Waals surface area (Å²) in [5, 5.41) is 10.3. The van der Waals surface area contributed by atoms with Gasteiger partial charge in [0.25, 0.3) is 0 Å². The number of hydrogen-bond donors (Lipinski definition) is 0. The molecule has 0 N–H and O–H groups in total. The molecule has 1 rings (SSSR count). The van der Waals surface area contributed by atoms with Crippen molar-refractivity contribution in [1.82, 2.24) is 0 Å². The molecular weight excluding hydrogens is 176 g/mol. The minimum absolute atomic E-state index is 0.250. The highest BCUT2D eigenvalue weighted by atomic mass is 32.2. The van der Waals surface area contributed by atoms with E-state index in [1.807, 2.05) is 0 Å². The molecule has 0 amide bonds. The average molecular weight is 185 g/mol. The maximum absolute atomic E-state index is 11.0. The maximum atomic E-state index is 11.0. The average Bonchev–Trinajstić information content (AvgIpc) is 2.03. The van der Waals surface area contributed by atoms with E-state index in [1.54, 1.807) is 0 Å². The summed E-state index contributed by atoms with van der Waals surface area (Å²) in [4.78, 5) is 0.250. The van der Waals surface area contributed by atoms with Crippen molar-refractivity contribution in [2.45, 2.75) is 11.5 Å². The Morgan fingerprint density at radius 3 is 2.00 bits per heavy atom.